The Bertz CT molecular complexity index is 391. The van der Waals surface area contributed by atoms with Crippen molar-refractivity contribution in [2.75, 3.05) is 20.3 Å². The summed E-state index contributed by atoms with van der Waals surface area (Å²) in [5.74, 6) is 0.725. The van der Waals surface area contributed by atoms with Crippen LogP contribution in [0.15, 0.2) is 18.2 Å². The normalized spacial score (nSPS) is 10.2. The number of unbranched alkanes of at least 4 members (excludes halogenated alkanes) is 1. The molecule has 4 heteroatoms. The summed E-state index contributed by atoms with van der Waals surface area (Å²) in [5, 5.41) is 11.5. The van der Waals surface area contributed by atoms with Gasteiger partial charge in [-0.2, -0.15) is 0 Å². The number of carbonyl (C=O) groups excluding carboxylic acids is 1. The zero-order chi connectivity index (χ0) is 13.4. The van der Waals surface area contributed by atoms with Crippen LogP contribution in [0.1, 0.15) is 24.0 Å². The van der Waals surface area contributed by atoms with Crippen molar-refractivity contribution in [3.63, 3.8) is 0 Å². The van der Waals surface area contributed by atoms with Gasteiger partial charge in [0.05, 0.1) is 13.5 Å². The Morgan fingerprint density at radius 2 is 2.17 bits per heavy atom. The van der Waals surface area contributed by atoms with Crippen molar-refractivity contribution in [1.82, 2.24) is 5.32 Å². The van der Waals surface area contributed by atoms with E-state index < -0.39 is 0 Å². The van der Waals surface area contributed by atoms with Gasteiger partial charge in [0, 0.05) is 18.7 Å². The second kappa shape index (κ2) is 7.71. The second-order valence-electron chi connectivity index (χ2n) is 4.27. The van der Waals surface area contributed by atoms with E-state index in [4.69, 9.17) is 9.84 Å². The lowest BCUT2D eigenvalue weighted by Gasteiger charge is -2.10. The third-order valence-electron chi connectivity index (χ3n) is 2.69. The minimum absolute atomic E-state index is 0.0168. The lowest BCUT2D eigenvalue weighted by molar-refractivity contribution is -0.120. The number of aryl methyl sites for hydroxylation is 1. The van der Waals surface area contributed by atoms with E-state index in [0.717, 1.165) is 23.3 Å². The molecule has 0 saturated carbocycles. The molecule has 1 rings (SSSR count). The first-order valence-electron chi connectivity index (χ1n) is 6.18. The Morgan fingerprint density at radius 3 is 2.83 bits per heavy atom. The molecule has 0 aliphatic heterocycles. The molecule has 0 aliphatic carbocycles. The number of nitrogens with one attached hydrogen (secondary N) is 1. The lowest BCUT2D eigenvalue weighted by atomic mass is 10.1. The van der Waals surface area contributed by atoms with E-state index in [-0.39, 0.29) is 12.5 Å². The van der Waals surface area contributed by atoms with Crippen LogP contribution in [0.25, 0.3) is 0 Å². The summed E-state index contributed by atoms with van der Waals surface area (Å²) in [6.07, 6.45) is 1.84. The van der Waals surface area contributed by atoms with Crippen molar-refractivity contribution < 1.29 is 14.6 Å². The molecule has 0 saturated heterocycles. The largest absolute Gasteiger partial charge is 0.496 e. The van der Waals surface area contributed by atoms with Crippen LogP contribution in [0, 0.1) is 6.92 Å². The average Bonchev–Trinajstić information content (AvgIpc) is 2.35. The second-order valence-corrected chi connectivity index (χ2v) is 4.27. The van der Waals surface area contributed by atoms with Crippen molar-refractivity contribution >= 4 is 5.91 Å². The first kappa shape index (κ1) is 14.5. The molecule has 0 aliphatic rings. The summed E-state index contributed by atoms with van der Waals surface area (Å²) in [4.78, 5) is 11.7. The van der Waals surface area contributed by atoms with Gasteiger partial charge in [-0.05, 0) is 25.8 Å². The van der Waals surface area contributed by atoms with Gasteiger partial charge < -0.3 is 15.2 Å². The Morgan fingerprint density at radius 1 is 1.39 bits per heavy atom. The molecular formula is C14H21NO3. The van der Waals surface area contributed by atoms with E-state index in [2.05, 4.69) is 5.32 Å². The number of carbonyl (C=O) groups is 1. The number of methoxy groups -OCH3 is 1. The number of amides is 1. The van der Waals surface area contributed by atoms with E-state index in [1.54, 1.807) is 7.11 Å². The summed E-state index contributed by atoms with van der Waals surface area (Å²) in [6, 6.07) is 5.80. The van der Waals surface area contributed by atoms with Crippen LogP contribution in [0.2, 0.25) is 0 Å². The van der Waals surface area contributed by atoms with Crippen LogP contribution in [-0.2, 0) is 11.2 Å². The van der Waals surface area contributed by atoms with Gasteiger partial charge in [-0.25, -0.2) is 0 Å². The zero-order valence-electron chi connectivity index (χ0n) is 11.0. The zero-order valence-corrected chi connectivity index (χ0v) is 11.0. The molecule has 1 amide bonds. The van der Waals surface area contributed by atoms with Crippen LogP contribution in [0.5, 0.6) is 5.75 Å². The van der Waals surface area contributed by atoms with Crippen molar-refractivity contribution in [3.8, 4) is 5.75 Å². The molecule has 1 aromatic carbocycles. The van der Waals surface area contributed by atoms with Gasteiger partial charge in [0.25, 0.3) is 0 Å². The fourth-order valence-corrected chi connectivity index (χ4v) is 1.75. The first-order chi connectivity index (χ1) is 8.67. The molecule has 0 spiro atoms. The maximum absolute atomic E-state index is 11.7. The van der Waals surface area contributed by atoms with Gasteiger partial charge in [-0.15, -0.1) is 0 Å². The molecule has 100 valence electrons. The van der Waals surface area contributed by atoms with E-state index in [1.165, 1.54) is 0 Å². The van der Waals surface area contributed by atoms with Gasteiger partial charge in [0.15, 0.2) is 0 Å². The highest BCUT2D eigenvalue weighted by molar-refractivity contribution is 5.79. The van der Waals surface area contributed by atoms with Gasteiger partial charge in [0.2, 0.25) is 5.91 Å². The van der Waals surface area contributed by atoms with Crippen molar-refractivity contribution in [1.29, 1.82) is 0 Å². The van der Waals surface area contributed by atoms with Crippen molar-refractivity contribution in [3.05, 3.63) is 29.3 Å². The standard InChI is InChI=1S/C14H21NO3/c1-11-5-6-13(18-2)12(9-11)10-14(17)15-7-3-4-8-16/h5-6,9,16H,3-4,7-8,10H2,1-2H3,(H,15,17). The van der Waals surface area contributed by atoms with E-state index >= 15 is 0 Å². The van der Waals surface area contributed by atoms with Crippen LogP contribution < -0.4 is 10.1 Å². The van der Waals surface area contributed by atoms with Crippen LogP contribution in [0.3, 0.4) is 0 Å². The molecule has 0 bridgehead atoms. The molecule has 0 atom stereocenters. The highest BCUT2D eigenvalue weighted by atomic mass is 16.5. The maximum Gasteiger partial charge on any atom is 0.224 e. The Labute approximate surface area is 108 Å². The highest BCUT2D eigenvalue weighted by Crippen LogP contribution is 2.19. The minimum Gasteiger partial charge on any atom is -0.496 e. The summed E-state index contributed by atoms with van der Waals surface area (Å²) in [7, 11) is 1.60. The van der Waals surface area contributed by atoms with Gasteiger partial charge >= 0.3 is 0 Å². The smallest absolute Gasteiger partial charge is 0.224 e. The molecular weight excluding hydrogens is 230 g/mol. The Hall–Kier alpha value is -1.55. The number of benzene rings is 1. The number of aliphatic hydroxyl groups excluding tert-OH is 1. The number of aliphatic hydroxyl groups is 1. The van der Waals surface area contributed by atoms with Crippen LogP contribution >= 0.6 is 0 Å². The average molecular weight is 251 g/mol. The van der Waals surface area contributed by atoms with Crippen LogP contribution in [-0.4, -0.2) is 31.3 Å². The molecule has 0 aromatic heterocycles. The molecule has 18 heavy (non-hydrogen) atoms. The predicted octanol–water partition coefficient (Wildman–Crippen LogP) is 1.43. The summed E-state index contributed by atoms with van der Waals surface area (Å²) < 4.78 is 5.23. The number of hydrogen-bond donors (Lipinski definition) is 2. The number of hydrogen-bond acceptors (Lipinski definition) is 3. The number of rotatable bonds is 7. The van der Waals surface area contributed by atoms with Crippen LogP contribution in [0.4, 0.5) is 0 Å². The number of ether oxygens (including phenoxy) is 1. The topological polar surface area (TPSA) is 58.6 Å². The third-order valence-corrected chi connectivity index (χ3v) is 2.69. The molecule has 1 aromatic rings. The molecule has 0 fully saturated rings. The minimum atomic E-state index is -0.0168. The highest BCUT2D eigenvalue weighted by Gasteiger charge is 2.08. The van der Waals surface area contributed by atoms with E-state index in [0.29, 0.717) is 19.4 Å². The lowest BCUT2D eigenvalue weighted by Crippen LogP contribution is -2.26. The Kier molecular flexibility index (Phi) is 6.22. The maximum atomic E-state index is 11.7. The predicted molar refractivity (Wildman–Crippen MR) is 70.8 cm³/mol. The fraction of sp³-hybridized carbons (Fsp3) is 0.500. The first-order valence-corrected chi connectivity index (χ1v) is 6.18. The molecule has 0 radical (unpaired) electrons. The van der Waals surface area contributed by atoms with Gasteiger partial charge in [-0.1, -0.05) is 17.7 Å². The monoisotopic (exact) mass is 251 g/mol. The fourth-order valence-electron chi connectivity index (χ4n) is 1.75. The van der Waals surface area contributed by atoms with E-state index in [1.807, 2.05) is 25.1 Å². The summed E-state index contributed by atoms with van der Waals surface area (Å²) in [5.41, 5.74) is 2.01. The Balaban J connectivity index is 2.50. The van der Waals surface area contributed by atoms with Gasteiger partial charge in [-0.3, -0.25) is 4.79 Å². The molecule has 2 N–H and O–H groups in total. The molecule has 0 heterocycles. The summed E-state index contributed by atoms with van der Waals surface area (Å²) in [6.45, 7) is 2.76. The molecule has 0 unspecified atom stereocenters. The van der Waals surface area contributed by atoms with Crippen molar-refractivity contribution in [2.24, 2.45) is 0 Å². The quantitative estimate of drug-likeness (QED) is 0.721. The summed E-state index contributed by atoms with van der Waals surface area (Å²) >= 11 is 0. The van der Waals surface area contributed by atoms with E-state index in [9.17, 15) is 4.79 Å². The SMILES string of the molecule is COc1ccc(C)cc1CC(=O)NCCCCO. The third kappa shape index (κ3) is 4.75. The van der Waals surface area contributed by atoms with Crippen molar-refractivity contribution in [2.45, 2.75) is 26.2 Å². The van der Waals surface area contributed by atoms with Gasteiger partial charge in [0.1, 0.15) is 5.75 Å². The molecule has 4 nitrogen and oxygen atoms in total.